The Balaban J connectivity index is 3.82. The van der Waals surface area contributed by atoms with Crippen LogP contribution in [0.2, 0.25) is 0 Å². The molecule has 0 radical (unpaired) electrons. The minimum atomic E-state index is 0.688. The molecule has 0 fully saturated rings. The Hall–Kier alpha value is -0.770. The van der Waals surface area contributed by atoms with Gasteiger partial charge >= 0.3 is 0 Å². The molecule has 0 heterocycles. The van der Waals surface area contributed by atoms with Crippen LogP contribution in [0, 0.1) is 0 Å². The van der Waals surface area contributed by atoms with E-state index < -0.39 is 0 Å². The maximum Gasteiger partial charge on any atom is 0.181 e. The van der Waals surface area contributed by atoms with Gasteiger partial charge in [0, 0.05) is 27.2 Å². The van der Waals surface area contributed by atoms with Crippen LogP contribution in [-0.4, -0.2) is 50.4 Å². The monoisotopic (exact) mass is 216 g/mol. The molecular formula is C10H20N2OS. The molecule has 0 atom stereocenters. The van der Waals surface area contributed by atoms with Crippen LogP contribution in [0.4, 0.5) is 0 Å². The molecule has 0 aromatic rings. The van der Waals surface area contributed by atoms with Crippen molar-refractivity contribution in [3.8, 4) is 0 Å². The zero-order chi connectivity index (χ0) is 11.1. The van der Waals surface area contributed by atoms with E-state index in [1.807, 2.05) is 25.3 Å². The molecule has 0 aliphatic heterocycles. The van der Waals surface area contributed by atoms with E-state index in [-0.39, 0.29) is 0 Å². The number of likely N-dealkylation sites (N-methyl/N-ethyl adjacent to an activating group) is 2. The van der Waals surface area contributed by atoms with Crippen LogP contribution in [0.15, 0.2) is 24.1 Å². The van der Waals surface area contributed by atoms with Gasteiger partial charge in [0.15, 0.2) is 5.88 Å². The summed E-state index contributed by atoms with van der Waals surface area (Å²) in [6, 6.07) is 0. The molecule has 0 rings (SSSR count). The molecule has 0 N–H and O–H groups in total. The summed E-state index contributed by atoms with van der Waals surface area (Å²) in [7, 11) is 5.62. The predicted molar refractivity (Wildman–Crippen MR) is 64.1 cm³/mol. The molecule has 0 aliphatic rings. The minimum absolute atomic E-state index is 0.688. The lowest BCUT2D eigenvalue weighted by molar-refractivity contribution is 0.170. The predicted octanol–water partition coefficient (Wildman–Crippen LogP) is 1.80. The Kier molecular flexibility index (Phi) is 6.28. The molecular weight excluding hydrogens is 196 g/mol. The van der Waals surface area contributed by atoms with Crippen LogP contribution in [-0.2, 0) is 4.74 Å². The van der Waals surface area contributed by atoms with E-state index in [1.54, 1.807) is 18.9 Å². The first-order chi connectivity index (χ1) is 6.52. The van der Waals surface area contributed by atoms with Crippen molar-refractivity contribution in [1.29, 1.82) is 0 Å². The highest BCUT2D eigenvalue weighted by atomic mass is 32.2. The minimum Gasteiger partial charge on any atom is -0.483 e. The number of ether oxygens (including phenoxy) is 1. The summed E-state index contributed by atoms with van der Waals surface area (Å²) in [5.41, 5.74) is 0. The second-order valence-corrected chi connectivity index (χ2v) is 3.92. The van der Waals surface area contributed by atoms with Gasteiger partial charge in [0.1, 0.15) is 0 Å². The van der Waals surface area contributed by atoms with E-state index in [0.717, 1.165) is 18.1 Å². The summed E-state index contributed by atoms with van der Waals surface area (Å²) < 4.78 is 5.02. The van der Waals surface area contributed by atoms with Crippen LogP contribution in [0.25, 0.3) is 0 Å². The van der Waals surface area contributed by atoms with Gasteiger partial charge in [0.05, 0.1) is 12.1 Å². The zero-order valence-electron chi connectivity index (χ0n) is 9.54. The maximum atomic E-state index is 5.02. The third-order valence-electron chi connectivity index (χ3n) is 2.09. The molecule has 14 heavy (non-hydrogen) atoms. The molecule has 0 spiro atoms. The number of nitrogens with zero attached hydrogens (tertiary/aromatic N) is 2. The fourth-order valence-electron chi connectivity index (χ4n) is 0.861. The molecule has 0 unspecified atom stereocenters. The molecule has 0 aromatic heterocycles. The number of thioether (sulfide) groups is 1. The summed E-state index contributed by atoms with van der Waals surface area (Å²) in [6.07, 6.45) is 2.02. The Labute approximate surface area is 91.4 Å². The molecule has 3 nitrogen and oxygen atoms in total. The Bertz CT molecular complexity index is 184. The Morgan fingerprint density at radius 3 is 2.14 bits per heavy atom. The van der Waals surface area contributed by atoms with Gasteiger partial charge in [-0.3, -0.25) is 0 Å². The highest BCUT2D eigenvalue weighted by molar-refractivity contribution is 8.02. The first kappa shape index (κ1) is 13.2. The molecule has 0 bridgehead atoms. The zero-order valence-corrected chi connectivity index (χ0v) is 10.4. The van der Waals surface area contributed by atoms with Gasteiger partial charge in [0.2, 0.25) is 0 Å². The van der Waals surface area contributed by atoms with Crippen molar-refractivity contribution in [2.45, 2.75) is 0 Å². The average Bonchev–Trinajstić information content (AvgIpc) is 2.22. The van der Waals surface area contributed by atoms with Crippen molar-refractivity contribution in [3.63, 3.8) is 0 Å². The standard InChI is InChI=1S/C10H20N2OS/c1-9(13-5)11(3)7-8-12(4)10(2)14-6/h1-2,7-8H2,3-6H3. The van der Waals surface area contributed by atoms with Crippen LogP contribution in [0.5, 0.6) is 0 Å². The fraction of sp³-hybridized carbons (Fsp3) is 0.600. The first-order valence-corrected chi connectivity index (χ1v) is 5.63. The lowest BCUT2D eigenvalue weighted by atomic mass is 10.5. The lowest BCUT2D eigenvalue weighted by Crippen LogP contribution is -2.29. The molecule has 0 amide bonds. The highest BCUT2D eigenvalue weighted by Crippen LogP contribution is 2.12. The Morgan fingerprint density at radius 2 is 1.71 bits per heavy atom. The number of hydrogen-bond donors (Lipinski definition) is 0. The van der Waals surface area contributed by atoms with Crippen molar-refractivity contribution in [2.75, 3.05) is 40.6 Å². The van der Waals surface area contributed by atoms with Crippen LogP contribution < -0.4 is 0 Å². The smallest absolute Gasteiger partial charge is 0.181 e. The first-order valence-electron chi connectivity index (χ1n) is 4.41. The van der Waals surface area contributed by atoms with Gasteiger partial charge in [-0.25, -0.2) is 0 Å². The molecule has 0 aliphatic carbocycles. The topological polar surface area (TPSA) is 15.7 Å². The summed E-state index contributed by atoms with van der Waals surface area (Å²) >= 11 is 1.66. The SMILES string of the molecule is C=C(OC)N(C)CCN(C)C(=C)SC. The molecule has 0 aromatic carbocycles. The largest absolute Gasteiger partial charge is 0.483 e. The quantitative estimate of drug-likeness (QED) is 0.603. The van der Waals surface area contributed by atoms with E-state index >= 15 is 0 Å². The summed E-state index contributed by atoms with van der Waals surface area (Å²) in [4.78, 5) is 4.09. The van der Waals surface area contributed by atoms with Crippen LogP contribution in [0.1, 0.15) is 0 Å². The van der Waals surface area contributed by atoms with E-state index in [9.17, 15) is 0 Å². The van der Waals surface area contributed by atoms with Crippen molar-refractivity contribution >= 4 is 11.8 Å². The molecule has 0 saturated heterocycles. The second kappa shape index (κ2) is 6.65. The maximum absolute atomic E-state index is 5.02. The molecule has 82 valence electrons. The van der Waals surface area contributed by atoms with Gasteiger partial charge in [-0.2, -0.15) is 0 Å². The van der Waals surface area contributed by atoms with Crippen LogP contribution in [0.3, 0.4) is 0 Å². The van der Waals surface area contributed by atoms with Crippen molar-refractivity contribution in [1.82, 2.24) is 9.80 Å². The third-order valence-corrected chi connectivity index (χ3v) is 2.88. The van der Waals surface area contributed by atoms with E-state index in [4.69, 9.17) is 4.74 Å². The molecule has 0 saturated carbocycles. The highest BCUT2D eigenvalue weighted by Gasteiger charge is 2.04. The average molecular weight is 216 g/mol. The fourth-order valence-corrected chi connectivity index (χ4v) is 1.26. The number of rotatable bonds is 7. The van der Waals surface area contributed by atoms with Gasteiger partial charge in [-0.15, -0.1) is 11.8 Å². The summed E-state index contributed by atoms with van der Waals surface area (Å²) in [5, 5.41) is 1.07. The van der Waals surface area contributed by atoms with E-state index in [2.05, 4.69) is 18.1 Å². The molecule has 4 heteroatoms. The van der Waals surface area contributed by atoms with Gasteiger partial charge in [-0.1, -0.05) is 6.58 Å². The van der Waals surface area contributed by atoms with Gasteiger partial charge in [0.25, 0.3) is 0 Å². The van der Waals surface area contributed by atoms with Crippen molar-refractivity contribution in [2.24, 2.45) is 0 Å². The van der Waals surface area contributed by atoms with Crippen LogP contribution >= 0.6 is 11.8 Å². The van der Waals surface area contributed by atoms with E-state index in [0.29, 0.717) is 5.88 Å². The normalized spacial score (nSPS) is 9.43. The number of hydrogen-bond acceptors (Lipinski definition) is 4. The third kappa shape index (κ3) is 4.46. The van der Waals surface area contributed by atoms with Crippen molar-refractivity contribution in [3.05, 3.63) is 24.1 Å². The lowest BCUT2D eigenvalue weighted by Gasteiger charge is -2.25. The summed E-state index contributed by atoms with van der Waals surface area (Å²) in [5.74, 6) is 0.688. The number of methoxy groups -OCH3 is 1. The van der Waals surface area contributed by atoms with Gasteiger partial charge < -0.3 is 14.5 Å². The van der Waals surface area contributed by atoms with Crippen molar-refractivity contribution < 1.29 is 4.74 Å². The summed E-state index contributed by atoms with van der Waals surface area (Å²) in [6.45, 7) is 9.50. The Morgan fingerprint density at radius 1 is 1.21 bits per heavy atom. The van der Waals surface area contributed by atoms with E-state index in [1.165, 1.54) is 0 Å². The second-order valence-electron chi connectivity index (χ2n) is 3.04. The van der Waals surface area contributed by atoms with Gasteiger partial charge in [-0.05, 0) is 12.8 Å².